The summed E-state index contributed by atoms with van der Waals surface area (Å²) < 4.78 is 4.77. The molecule has 0 aliphatic heterocycles. The lowest BCUT2D eigenvalue weighted by Gasteiger charge is -2.21. The number of ether oxygens (including phenoxy) is 1. The van der Waals surface area contributed by atoms with Crippen LogP contribution in [0.5, 0.6) is 0 Å². The summed E-state index contributed by atoms with van der Waals surface area (Å²) >= 11 is 0. The molecule has 2 amide bonds. The van der Waals surface area contributed by atoms with E-state index in [0.29, 0.717) is 6.54 Å². The molecule has 0 spiro atoms. The molecule has 1 atom stereocenters. The van der Waals surface area contributed by atoms with Crippen LogP contribution in [0.2, 0.25) is 0 Å². The van der Waals surface area contributed by atoms with Gasteiger partial charge in [-0.2, -0.15) is 0 Å². The Balaban J connectivity index is 2.63. The summed E-state index contributed by atoms with van der Waals surface area (Å²) in [4.78, 5) is 24.3. The predicted octanol–water partition coefficient (Wildman–Crippen LogP) is 1.24. The zero-order valence-electron chi connectivity index (χ0n) is 11.9. The Kier molecular flexibility index (Phi) is 5.99. The summed E-state index contributed by atoms with van der Waals surface area (Å²) in [5.41, 5.74) is 2.10. The third kappa shape index (κ3) is 4.55. The minimum Gasteiger partial charge on any atom is -0.480 e. The molecule has 0 aliphatic carbocycles. The molecule has 0 saturated carbocycles. The smallest absolute Gasteiger partial charge is 0.328 e. The van der Waals surface area contributed by atoms with Gasteiger partial charge in [0.1, 0.15) is 0 Å². The van der Waals surface area contributed by atoms with Crippen LogP contribution in [0.3, 0.4) is 0 Å². The largest absolute Gasteiger partial charge is 0.480 e. The third-order valence-electron chi connectivity index (χ3n) is 2.94. The van der Waals surface area contributed by atoms with Crippen LogP contribution in [0.25, 0.3) is 0 Å². The summed E-state index contributed by atoms with van der Waals surface area (Å²) in [5.74, 6) is -1.12. The Bertz CT molecular complexity index is 476. The molecule has 6 nitrogen and oxygen atoms in total. The van der Waals surface area contributed by atoms with Gasteiger partial charge in [0.2, 0.25) is 0 Å². The van der Waals surface area contributed by atoms with Crippen LogP contribution in [0.1, 0.15) is 11.1 Å². The maximum Gasteiger partial charge on any atom is 0.328 e. The Morgan fingerprint density at radius 3 is 2.60 bits per heavy atom. The highest BCUT2D eigenvalue weighted by molar-refractivity contribution is 5.82. The molecule has 1 aromatic rings. The molecule has 20 heavy (non-hydrogen) atoms. The number of carboxylic acids is 1. The van der Waals surface area contributed by atoms with Crippen molar-refractivity contribution in [2.24, 2.45) is 0 Å². The van der Waals surface area contributed by atoms with Gasteiger partial charge in [0, 0.05) is 20.7 Å². The van der Waals surface area contributed by atoms with E-state index in [1.54, 1.807) is 7.05 Å². The molecule has 6 heteroatoms. The number of aliphatic carboxylic acids is 1. The Morgan fingerprint density at radius 1 is 1.40 bits per heavy atom. The molecule has 0 heterocycles. The quantitative estimate of drug-likeness (QED) is 0.821. The number of carbonyl (C=O) groups excluding carboxylic acids is 1. The molecular weight excluding hydrogens is 260 g/mol. The van der Waals surface area contributed by atoms with Gasteiger partial charge in [0.05, 0.1) is 6.61 Å². The number of rotatable bonds is 6. The van der Waals surface area contributed by atoms with Crippen molar-refractivity contribution in [2.45, 2.75) is 19.5 Å². The van der Waals surface area contributed by atoms with E-state index in [9.17, 15) is 9.59 Å². The molecule has 1 aromatic carbocycles. The van der Waals surface area contributed by atoms with Crippen molar-refractivity contribution in [3.63, 3.8) is 0 Å². The number of urea groups is 1. The van der Waals surface area contributed by atoms with Gasteiger partial charge < -0.3 is 20.1 Å². The molecule has 0 fully saturated rings. The van der Waals surface area contributed by atoms with E-state index in [1.807, 2.05) is 31.2 Å². The van der Waals surface area contributed by atoms with Crippen LogP contribution in [0, 0.1) is 6.92 Å². The third-order valence-corrected chi connectivity index (χ3v) is 2.94. The van der Waals surface area contributed by atoms with Crippen molar-refractivity contribution in [1.82, 2.24) is 10.2 Å². The molecule has 0 aliphatic rings. The molecule has 0 radical (unpaired) electrons. The number of carbonyl (C=O) groups is 2. The fourth-order valence-corrected chi connectivity index (χ4v) is 1.72. The molecular formula is C14H20N2O4. The fourth-order valence-electron chi connectivity index (χ4n) is 1.72. The van der Waals surface area contributed by atoms with Gasteiger partial charge in [-0.05, 0) is 18.1 Å². The van der Waals surface area contributed by atoms with E-state index in [1.165, 1.54) is 12.0 Å². The van der Waals surface area contributed by atoms with Gasteiger partial charge in [0.15, 0.2) is 6.04 Å². The van der Waals surface area contributed by atoms with Crippen molar-refractivity contribution < 1.29 is 19.4 Å². The lowest BCUT2D eigenvalue weighted by Crippen LogP contribution is -2.48. The van der Waals surface area contributed by atoms with Crippen molar-refractivity contribution >= 4 is 12.0 Å². The van der Waals surface area contributed by atoms with Crippen LogP contribution in [0.4, 0.5) is 4.79 Å². The van der Waals surface area contributed by atoms with Gasteiger partial charge in [-0.25, -0.2) is 9.59 Å². The summed E-state index contributed by atoms with van der Waals surface area (Å²) in [6.45, 7) is 2.31. The zero-order valence-corrected chi connectivity index (χ0v) is 11.9. The van der Waals surface area contributed by atoms with Crippen molar-refractivity contribution in [1.29, 1.82) is 0 Å². The fraction of sp³-hybridized carbons (Fsp3) is 0.429. The number of aryl methyl sites for hydroxylation is 1. The predicted molar refractivity (Wildman–Crippen MR) is 74.5 cm³/mol. The second-order valence-corrected chi connectivity index (χ2v) is 4.58. The highest BCUT2D eigenvalue weighted by atomic mass is 16.5. The Labute approximate surface area is 118 Å². The highest BCUT2D eigenvalue weighted by Gasteiger charge is 2.21. The summed E-state index contributed by atoms with van der Waals surface area (Å²) in [6.07, 6.45) is 0. The van der Waals surface area contributed by atoms with E-state index in [-0.39, 0.29) is 6.61 Å². The van der Waals surface area contributed by atoms with E-state index >= 15 is 0 Å². The second-order valence-electron chi connectivity index (χ2n) is 4.58. The Morgan fingerprint density at radius 2 is 2.05 bits per heavy atom. The first-order chi connectivity index (χ1) is 9.45. The summed E-state index contributed by atoms with van der Waals surface area (Å²) in [6, 6.07) is 6.23. The SMILES string of the molecule is COCC(NC(=O)N(C)Cc1ccccc1C)C(=O)O. The molecule has 0 aromatic heterocycles. The highest BCUT2D eigenvalue weighted by Crippen LogP contribution is 2.09. The first-order valence-corrected chi connectivity index (χ1v) is 6.23. The summed E-state index contributed by atoms with van der Waals surface area (Å²) in [7, 11) is 3.01. The van der Waals surface area contributed by atoms with Crippen molar-refractivity contribution in [2.75, 3.05) is 20.8 Å². The van der Waals surface area contributed by atoms with Gasteiger partial charge in [0.25, 0.3) is 0 Å². The van der Waals surface area contributed by atoms with Gasteiger partial charge in [-0.15, -0.1) is 0 Å². The number of nitrogens with one attached hydrogen (secondary N) is 1. The van der Waals surface area contributed by atoms with Crippen molar-refractivity contribution in [3.05, 3.63) is 35.4 Å². The van der Waals surface area contributed by atoms with E-state index in [2.05, 4.69) is 5.32 Å². The zero-order chi connectivity index (χ0) is 15.1. The summed E-state index contributed by atoms with van der Waals surface area (Å²) in [5, 5.41) is 11.4. The molecule has 110 valence electrons. The van der Waals surface area contributed by atoms with Gasteiger partial charge in [-0.3, -0.25) is 0 Å². The van der Waals surface area contributed by atoms with E-state index in [0.717, 1.165) is 11.1 Å². The number of nitrogens with zero attached hydrogens (tertiary/aromatic N) is 1. The van der Waals surface area contributed by atoms with E-state index in [4.69, 9.17) is 9.84 Å². The lowest BCUT2D eigenvalue weighted by molar-refractivity contribution is -0.140. The van der Waals surface area contributed by atoms with Crippen LogP contribution in [0.15, 0.2) is 24.3 Å². The van der Waals surface area contributed by atoms with E-state index < -0.39 is 18.0 Å². The maximum absolute atomic E-state index is 11.9. The van der Waals surface area contributed by atoms with Crippen LogP contribution in [-0.4, -0.2) is 48.8 Å². The van der Waals surface area contributed by atoms with Gasteiger partial charge in [-0.1, -0.05) is 24.3 Å². The lowest BCUT2D eigenvalue weighted by atomic mass is 10.1. The molecule has 0 saturated heterocycles. The average Bonchev–Trinajstić information content (AvgIpc) is 2.40. The minimum absolute atomic E-state index is 0.0702. The normalized spacial score (nSPS) is 11.8. The molecule has 2 N–H and O–H groups in total. The first kappa shape index (κ1) is 16.0. The van der Waals surface area contributed by atoms with Crippen molar-refractivity contribution in [3.8, 4) is 0 Å². The average molecular weight is 280 g/mol. The number of amides is 2. The number of benzene rings is 1. The Hall–Kier alpha value is -2.08. The number of hydrogen-bond donors (Lipinski definition) is 2. The number of hydrogen-bond acceptors (Lipinski definition) is 3. The van der Waals surface area contributed by atoms with Crippen LogP contribution < -0.4 is 5.32 Å². The minimum atomic E-state index is -1.12. The molecule has 1 rings (SSSR count). The molecule has 1 unspecified atom stereocenters. The van der Waals surface area contributed by atoms with Crippen LogP contribution in [-0.2, 0) is 16.1 Å². The van der Waals surface area contributed by atoms with Crippen LogP contribution >= 0.6 is 0 Å². The monoisotopic (exact) mass is 280 g/mol. The second kappa shape index (κ2) is 7.49. The maximum atomic E-state index is 11.9. The molecule has 0 bridgehead atoms. The van der Waals surface area contributed by atoms with Gasteiger partial charge >= 0.3 is 12.0 Å². The first-order valence-electron chi connectivity index (χ1n) is 6.23. The number of methoxy groups -OCH3 is 1. The standard InChI is InChI=1S/C14H20N2O4/c1-10-6-4-5-7-11(10)8-16(2)14(19)15-12(9-20-3)13(17)18/h4-7,12H,8-9H2,1-3H3,(H,15,19)(H,17,18). The topological polar surface area (TPSA) is 78.9 Å². The number of carboxylic acid groups (broad SMARTS) is 1.